The topological polar surface area (TPSA) is 121 Å². The van der Waals surface area contributed by atoms with Gasteiger partial charge in [-0.3, -0.25) is 4.79 Å². The fourth-order valence-corrected chi connectivity index (χ4v) is 4.26. The van der Waals surface area contributed by atoms with Gasteiger partial charge in [-0.25, -0.2) is 0 Å². The number of anilines is 1. The lowest BCUT2D eigenvalue weighted by molar-refractivity contribution is -0.114. The maximum atomic E-state index is 11.0. The zero-order valence-corrected chi connectivity index (χ0v) is 29.9. The van der Waals surface area contributed by atoms with Crippen LogP contribution in [0.15, 0.2) is 24.3 Å². The van der Waals surface area contributed by atoms with Crippen LogP contribution in [0.2, 0.25) is 0 Å². The van der Waals surface area contributed by atoms with Crippen molar-refractivity contribution in [3.8, 4) is 5.75 Å². The van der Waals surface area contributed by atoms with Crippen molar-refractivity contribution in [2.75, 3.05) is 131 Å². The van der Waals surface area contributed by atoms with E-state index < -0.39 is 0 Å². The van der Waals surface area contributed by atoms with Crippen LogP contribution in [0, 0.1) is 0 Å². The van der Waals surface area contributed by atoms with Gasteiger partial charge in [-0.2, -0.15) is 0 Å². The molecule has 1 N–H and O–H groups in total. The molecule has 12 nitrogen and oxygen atoms in total. The molecule has 0 fully saturated rings. The second-order valence-electron chi connectivity index (χ2n) is 11.0. The minimum atomic E-state index is -0.105. The van der Waals surface area contributed by atoms with Gasteiger partial charge in [0.05, 0.1) is 112 Å². The SMILES string of the molecule is CCCCCCCCCCOCCOCCOCCOCCOCCOCCOCCOCCOCCOc1ccc(NC(C)=O)cc1. The molecule has 1 aromatic carbocycles. The summed E-state index contributed by atoms with van der Waals surface area (Å²) >= 11 is 0. The van der Waals surface area contributed by atoms with E-state index in [0.717, 1.165) is 24.5 Å². The Kier molecular flexibility index (Phi) is 33.5. The third kappa shape index (κ3) is 32.7. The monoisotopic (exact) mass is 687 g/mol. The van der Waals surface area contributed by atoms with Gasteiger partial charge in [-0.1, -0.05) is 51.9 Å². The molecular formula is C36H65NO11. The van der Waals surface area contributed by atoms with Gasteiger partial charge in [0, 0.05) is 19.2 Å². The highest BCUT2D eigenvalue weighted by Crippen LogP contribution is 2.15. The lowest BCUT2D eigenvalue weighted by Gasteiger charge is -2.09. The van der Waals surface area contributed by atoms with Crippen molar-refractivity contribution in [1.29, 1.82) is 0 Å². The van der Waals surface area contributed by atoms with Crippen LogP contribution >= 0.6 is 0 Å². The molecule has 280 valence electrons. The van der Waals surface area contributed by atoms with Gasteiger partial charge < -0.3 is 52.7 Å². The fraction of sp³-hybridized carbons (Fsp3) is 0.806. The predicted octanol–water partition coefficient (Wildman–Crippen LogP) is 5.31. The lowest BCUT2D eigenvalue weighted by atomic mass is 10.1. The van der Waals surface area contributed by atoms with Crippen molar-refractivity contribution in [2.24, 2.45) is 0 Å². The molecule has 0 aromatic heterocycles. The van der Waals surface area contributed by atoms with Crippen molar-refractivity contribution in [1.82, 2.24) is 0 Å². The Hall–Kier alpha value is -1.87. The molecule has 0 aliphatic heterocycles. The van der Waals surface area contributed by atoms with E-state index in [-0.39, 0.29) is 5.91 Å². The molecule has 0 spiro atoms. The maximum Gasteiger partial charge on any atom is 0.221 e. The fourth-order valence-electron chi connectivity index (χ4n) is 4.26. The van der Waals surface area contributed by atoms with Crippen molar-refractivity contribution in [2.45, 2.75) is 65.2 Å². The number of benzene rings is 1. The van der Waals surface area contributed by atoms with Crippen LogP contribution in [0.5, 0.6) is 5.75 Å². The summed E-state index contributed by atoms with van der Waals surface area (Å²) in [6.45, 7) is 13.9. The second kappa shape index (κ2) is 36.4. The van der Waals surface area contributed by atoms with E-state index in [4.69, 9.17) is 47.4 Å². The molecule has 1 rings (SSSR count). The quantitative estimate of drug-likeness (QED) is 0.0911. The predicted molar refractivity (Wildman–Crippen MR) is 186 cm³/mol. The van der Waals surface area contributed by atoms with Crippen molar-refractivity contribution in [3.63, 3.8) is 0 Å². The number of carbonyl (C=O) groups is 1. The number of amides is 1. The first kappa shape index (κ1) is 44.2. The van der Waals surface area contributed by atoms with Gasteiger partial charge in [0.15, 0.2) is 0 Å². The Labute approximate surface area is 289 Å². The Morgan fingerprint density at radius 2 is 0.750 bits per heavy atom. The normalized spacial score (nSPS) is 11.3. The molecule has 0 aliphatic carbocycles. The average molecular weight is 688 g/mol. The third-order valence-corrected chi connectivity index (χ3v) is 6.79. The standard InChI is InChI=1S/C36H65NO11/c1-3-4-5-6-7-8-9-10-15-39-16-17-40-18-19-41-20-21-42-22-23-43-24-25-44-26-27-45-28-29-46-30-31-47-32-33-48-36-13-11-35(12-14-36)37-34(2)38/h11-14H,3-10,15-33H2,1-2H3,(H,37,38). The van der Waals surface area contributed by atoms with Gasteiger partial charge in [0.2, 0.25) is 5.91 Å². The molecule has 1 amide bonds. The Morgan fingerprint density at radius 3 is 1.10 bits per heavy atom. The molecule has 0 bridgehead atoms. The van der Waals surface area contributed by atoms with Crippen LogP contribution < -0.4 is 10.1 Å². The number of nitrogens with one attached hydrogen (secondary N) is 1. The Morgan fingerprint density at radius 1 is 0.438 bits per heavy atom. The molecule has 0 saturated carbocycles. The Bertz CT molecular complexity index is 801. The highest BCUT2D eigenvalue weighted by molar-refractivity contribution is 5.88. The van der Waals surface area contributed by atoms with Crippen LogP contribution in [-0.2, 0) is 47.4 Å². The highest BCUT2D eigenvalue weighted by Gasteiger charge is 1.99. The van der Waals surface area contributed by atoms with Crippen LogP contribution in [-0.4, -0.2) is 131 Å². The maximum absolute atomic E-state index is 11.0. The minimum absolute atomic E-state index is 0.105. The number of unbranched alkanes of at least 4 members (excludes halogenated alkanes) is 7. The van der Waals surface area contributed by atoms with Gasteiger partial charge in [-0.15, -0.1) is 0 Å². The summed E-state index contributed by atoms with van der Waals surface area (Å²) in [5.74, 6) is 0.616. The van der Waals surface area contributed by atoms with E-state index in [1.165, 1.54) is 51.9 Å². The highest BCUT2D eigenvalue weighted by atomic mass is 16.6. The number of carbonyl (C=O) groups excluding carboxylic acids is 1. The molecule has 0 aliphatic rings. The smallest absolute Gasteiger partial charge is 0.221 e. The molecule has 0 unspecified atom stereocenters. The van der Waals surface area contributed by atoms with E-state index in [0.29, 0.717) is 119 Å². The first-order valence-electron chi connectivity index (χ1n) is 17.9. The van der Waals surface area contributed by atoms with Crippen molar-refractivity contribution < 1.29 is 52.2 Å². The molecule has 48 heavy (non-hydrogen) atoms. The third-order valence-electron chi connectivity index (χ3n) is 6.79. The van der Waals surface area contributed by atoms with Gasteiger partial charge in [0.25, 0.3) is 0 Å². The zero-order chi connectivity index (χ0) is 34.4. The number of hydrogen-bond donors (Lipinski definition) is 1. The van der Waals surface area contributed by atoms with Crippen molar-refractivity contribution >= 4 is 11.6 Å². The molecular weight excluding hydrogens is 622 g/mol. The average Bonchev–Trinajstić information content (AvgIpc) is 3.08. The second-order valence-corrected chi connectivity index (χ2v) is 11.0. The number of hydrogen-bond acceptors (Lipinski definition) is 11. The summed E-state index contributed by atoms with van der Waals surface area (Å²) < 4.78 is 55.2. The van der Waals surface area contributed by atoms with Gasteiger partial charge >= 0.3 is 0 Å². The van der Waals surface area contributed by atoms with E-state index in [1.54, 1.807) is 24.3 Å². The molecule has 0 saturated heterocycles. The first-order chi connectivity index (χ1) is 23.7. The molecule has 0 heterocycles. The number of rotatable bonds is 38. The molecule has 0 radical (unpaired) electrons. The molecule has 12 heteroatoms. The summed E-state index contributed by atoms with van der Waals surface area (Å²) in [5.41, 5.74) is 0.735. The summed E-state index contributed by atoms with van der Waals surface area (Å²) in [6, 6.07) is 7.19. The van der Waals surface area contributed by atoms with Crippen molar-refractivity contribution in [3.05, 3.63) is 24.3 Å². The molecule has 1 aromatic rings. The minimum Gasteiger partial charge on any atom is -0.491 e. The van der Waals surface area contributed by atoms with Crippen LogP contribution in [0.25, 0.3) is 0 Å². The molecule has 0 atom stereocenters. The van der Waals surface area contributed by atoms with E-state index in [1.807, 2.05) is 0 Å². The van der Waals surface area contributed by atoms with Gasteiger partial charge in [-0.05, 0) is 30.7 Å². The van der Waals surface area contributed by atoms with E-state index >= 15 is 0 Å². The van der Waals surface area contributed by atoms with Crippen LogP contribution in [0.4, 0.5) is 5.69 Å². The summed E-state index contributed by atoms with van der Waals surface area (Å²) in [7, 11) is 0. The summed E-state index contributed by atoms with van der Waals surface area (Å²) in [6.07, 6.45) is 10.5. The first-order valence-corrected chi connectivity index (χ1v) is 17.9. The van der Waals surface area contributed by atoms with E-state index in [2.05, 4.69) is 12.2 Å². The van der Waals surface area contributed by atoms with Crippen LogP contribution in [0.1, 0.15) is 65.2 Å². The lowest BCUT2D eigenvalue weighted by Crippen LogP contribution is -2.15. The van der Waals surface area contributed by atoms with E-state index in [9.17, 15) is 4.79 Å². The van der Waals surface area contributed by atoms with Gasteiger partial charge in [0.1, 0.15) is 12.4 Å². The zero-order valence-electron chi connectivity index (χ0n) is 29.9. The largest absolute Gasteiger partial charge is 0.491 e. The number of ether oxygens (including phenoxy) is 10. The van der Waals surface area contributed by atoms with Crippen LogP contribution in [0.3, 0.4) is 0 Å². The summed E-state index contributed by atoms with van der Waals surface area (Å²) in [4.78, 5) is 11.0. The summed E-state index contributed by atoms with van der Waals surface area (Å²) in [5, 5.41) is 2.71. The Balaban J connectivity index is 1.65.